The molecule has 1 heterocycles. The monoisotopic (exact) mass is 410 g/mol. The van der Waals surface area contributed by atoms with Crippen LogP contribution in [0, 0.1) is 0 Å². The van der Waals surface area contributed by atoms with Gasteiger partial charge < -0.3 is 14.7 Å². The molecule has 29 heavy (non-hydrogen) atoms. The Labute approximate surface area is 173 Å². The van der Waals surface area contributed by atoms with Gasteiger partial charge in [-0.15, -0.1) is 11.3 Å². The first-order valence-corrected chi connectivity index (χ1v) is 10.1. The highest BCUT2D eigenvalue weighted by Gasteiger charge is 2.26. The summed E-state index contributed by atoms with van der Waals surface area (Å²) >= 11 is 1.29. The number of nitrogens with zero attached hydrogens (tertiary/aromatic N) is 2. The SMILES string of the molecule is CC(=O)N(CCc1ccccc1)C(Cc1ccccc1)c1nc(OC(=O)O)cs1. The molecule has 0 saturated carbocycles. The lowest BCUT2D eigenvalue weighted by atomic mass is 10.0. The Kier molecular flexibility index (Phi) is 6.97. The Hall–Kier alpha value is -3.19. The van der Waals surface area contributed by atoms with E-state index in [1.807, 2.05) is 60.7 Å². The molecule has 0 saturated heterocycles. The molecule has 3 rings (SSSR count). The first-order valence-electron chi connectivity index (χ1n) is 9.24. The van der Waals surface area contributed by atoms with Crippen LogP contribution in [-0.4, -0.2) is 33.6 Å². The van der Waals surface area contributed by atoms with Crippen molar-refractivity contribution in [3.63, 3.8) is 0 Å². The van der Waals surface area contributed by atoms with Crippen LogP contribution in [0.3, 0.4) is 0 Å². The van der Waals surface area contributed by atoms with Gasteiger partial charge in [0.2, 0.25) is 11.8 Å². The van der Waals surface area contributed by atoms with E-state index in [2.05, 4.69) is 9.72 Å². The summed E-state index contributed by atoms with van der Waals surface area (Å²) < 4.78 is 4.68. The van der Waals surface area contributed by atoms with Gasteiger partial charge in [0.15, 0.2) is 0 Å². The highest BCUT2D eigenvalue weighted by atomic mass is 32.1. The number of hydrogen-bond donors (Lipinski definition) is 1. The summed E-state index contributed by atoms with van der Waals surface area (Å²) in [5.74, 6) is -0.0279. The van der Waals surface area contributed by atoms with Crippen molar-refractivity contribution in [2.24, 2.45) is 0 Å². The van der Waals surface area contributed by atoms with Gasteiger partial charge in [-0.2, -0.15) is 0 Å². The number of carbonyl (C=O) groups is 2. The molecular weight excluding hydrogens is 388 g/mol. The Bertz CT molecular complexity index is 944. The lowest BCUT2D eigenvalue weighted by Gasteiger charge is -2.30. The first kappa shape index (κ1) is 20.5. The van der Waals surface area contributed by atoms with Crippen molar-refractivity contribution in [1.82, 2.24) is 9.88 Å². The normalized spacial score (nSPS) is 11.6. The number of ether oxygens (including phenoxy) is 1. The van der Waals surface area contributed by atoms with E-state index >= 15 is 0 Å². The zero-order valence-electron chi connectivity index (χ0n) is 16.0. The number of benzene rings is 2. The van der Waals surface area contributed by atoms with Gasteiger partial charge in [0.05, 0.1) is 11.4 Å². The third-order valence-corrected chi connectivity index (χ3v) is 5.44. The average Bonchev–Trinajstić information content (AvgIpc) is 3.16. The van der Waals surface area contributed by atoms with Crippen LogP contribution >= 0.6 is 11.3 Å². The van der Waals surface area contributed by atoms with Crippen molar-refractivity contribution in [3.05, 3.63) is 82.2 Å². The van der Waals surface area contributed by atoms with E-state index in [-0.39, 0.29) is 17.8 Å². The molecule has 0 fully saturated rings. The molecule has 1 unspecified atom stereocenters. The van der Waals surface area contributed by atoms with E-state index in [0.29, 0.717) is 18.0 Å². The number of thiazole rings is 1. The summed E-state index contributed by atoms with van der Waals surface area (Å²) in [5.41, 5.74) is 2.21. The smallest absolute Gasteiger partial charge is 0.449 e. The number of rotatable bonds is 8. The average molecular weight is 410 g/mol. The van der Waals surface area contributed by atoms with E-state index in [0.717, 1.165) is 17.5 Å². The topological polar surface area (TPSA) is 79.7 Å². The minimum absolute atomic E-state index is 0.0297. The van der Waals surface area contributed by atoms with E-state index < -0.39 is 6.16 Å². The molecule has 1 aromatic heterocycles. The Balaban J connectivity index is 1.87. The van der Waals surface area contributed by atoms with Crippen LogP contribution in [0.15, 0.2) is 66.0 Å². The molecule has 1 amide bonds. The van der Waals surface area contributed by atoms with Crippen LogP contribution < -0.4 is 4.74 Å². The van der Waals surface area contributed by atoms with Gasteiger partial charge in [-0.3, -0.25) is 4.79 Å². The number of amides is 1. The van der Waals surface area contributed by atoms with Crippen molar-refractivity contribution < 1.29 is 19.4 Å². The number of carboxylic acid groups (broad SMARTS) is 1. The maximum absolute atomic E-state index is 12.5. The molecule has 0 spiro atoms. The molecule has 1 atom stereocenters. The molecular formula is C22H22N2O4S. The van der Waals surface area contributed by atoms with Crippen molar-refractivity contribution in [3.8, 4) is 5.88 Å². The molecule has 150 valence electrons. The minimum atomic E-state index is -1.41. The van der Waals surface area contributed by atoms with Gasteiger partial charge in [-0.1, -0.05) is 60.7 Å². The third-order valence-electron chi connectivity index (χ3n) is 4.51. The van der Waals surface area contributed by atoms with Crippen LogP contribution in [0.5, 0.6) is 5.88 Å². The second kappa shape index (κ2) is 9.84. The maximum atomic E-state index is 12.5. The Morgan fingerprint density at radius 3 is 2.28 bits per heavy atom. The van der Waals surface area contributed by atoms with Gasteiger partial charge >= 0.3 is 6.16 Å². The number of carbonyl (C=O) groups excluding carboxylic acids is 1. The zero-order valence-corrected chi connectivity index (χ0v) is 16.8. The van der Waals surface area contributed by atoms with Crippen LogP contribution in [0.2, 0.25) is 0 Å². The highest BCUT2D eigenvalue weighted by molar-refractivity contribution is 7.09. The third kappa shape index (κ3) is 5.89. The predicted molar refractivity (Wildman–Crippen MR) is 111 cm³/mol. The van der Waals surface area contributed by atoms with Crippen molar-refractivity contribution in [2.75, 3.05) is 6.54 Å². The lowest BCUT2D eigenvalue weighted by molar-refractivity contribution is -0.131. The van der Waals surface area contributed by atoms with Crippen LogP contribution in [-0.2, 0) is 17.6 Å². The summed E-state index contributed by atoms with van der Waals surface area (Å²) in [5, 5.41) is 11.0. The first-order chi connectivity index (χ1) is 14.0. The molecule has 1 N–H and O–H groups in total. The summed E-state index contributed by atoms with van der Waals surface area (Å²) in [6.45, 7) is 2.08. The standard InChI is InChI=1S/C22H22N2O4S/c1-16(25)24(13-12-17-8-4-2-5-9-17)19(14-18-10-6-3-7-11-18)21-23-20(15-29-21)28-22(26)27/h2-11,15,19H,12-14H2,1H3,(H,26,27). The molecule has 0 radical (unpaired) electrons. The van der Waals surface area contributed by atoms with Crippen LogP contribution in [0.4, 0.5) is 4.79 Å². The van der Waals surface area contributed by atoms with E-state index in [9.17, 15) is 9.59 Å². The van der Waals surface area contributed by atoms with E-state index in [1.54, 1.807) is 17.2 Å². The molecule has 7 heteroatoms. The van der Waals surface area contributed by atoms with Crippen molar-refractivity contribution >= 4 is 23.4 Å². The minimum Gasteiger partial charge on any atom is -0.449 e. The molecule has 0 aliphatic carbocycles. The van der Waals surface area contributed by atoms with Crippen molar-refractivity contribution in [2.45, 2.75) is 25.8 Å². The van der Waals surface area contributed by atoms with Crippen LogP contribution in [0.1, 0.15) is 29.1 Å². The second-order valence-corrected chi connectivity index (χ2v) is 7.44. The quantitative estimate of drug-likeness (QED) is 0.550. The zero-order chi connectivity index (χ0) is 20.6. The molecule has 2 aromatic carbocycles. The molecule has 0 aliphatic rings. The Morgan fingerprint density at radius 2 is 1.69 bits per heavy atom. The molecule has 0 bridgehead atoms. The Morgan fingerprint density at radius 1 is 1.07 bits per heavy atom. The summed E-state index contributed by atoms with van der Waals surface area (Å²) in [4.78, 5) is 29.5. The van der Waals surface area contributed by atoms with Gasteiger partial charge in [-0.05, 0) is 24.0 Å². The fraction of sp³-hybridized carbons (Fsp3) is 0.227. The predicted octanol–water partition coefficient (Wildman–Crippen LogP) is 4.57. The second-order valence-electron chi connectivity index (χ2n) is 6.55. The molecule has 6 nitrogen and oxygen atoms in total. The lowest BCUT2D eigenvalue weighted by Crippen LogP contribution is -2.36. The number of aromatic nitrogens is 1. The summed E-state index contributed by atoms with van der Waals surface area (Å²) in [6.07, 6.45) is -0.112. The molecule has 0 aliphatic heterocycles. The van der Waals surface area contributed by atoms with Crippen LogP contribution in [0.25, 0.3) is 0 Å². The summed E-state index contributed by atoms with van der Waals surface area (Å²) in [7, 11) is 0. The fourth-order valence-corrected chi connectivity index (χ4v) is 3.99. The largest absolute Gasteiger partial charge is 0.512 e. The van der Waals surface area contributed by atoms with E-state index in [1.165, 1.54) is 11.3 Å². The number of hydrogen-bond acceptors (Lipinski definition) is 5. The van der Waals surface area contributed by atoms with E-state index in [4.69, 9.17) is 5.11 Å². The fourth-order valence-electron chi connectivity index (χ4n) is 3.16. The van der Waals surface area contributed by atoms with Crippen molar-refractivity contribution in [1.29, 1.82) is 0 Å². The van der Waals surface area contributed by atoms with Gasteiger partial charge in [0.1, 0.15) is 5.01 Å². The maximum Gasteiger partial charge on any atom is 0.512 e. The van der Waals surface area contributed by atoms with Gasteiger partial charge in [0.25, 0.3) is 0 Å². The highest BCUT2D eigenvalue weighted by Crippen LogP contribution is 2.30. The van der Waals surface area contributed by atoms with Gasteiger partial charge in [-0.25, -0.2) is 9.78 Å². The summed E-state index contributed by atoms with van der Waals surface area (Å²) in [6, 6.07) is 19.5. The molecule has 3 aromatic rings. The van der Waals surface area contributed by atoms with Gasteiger partial charge in [0, 0.05) is 13.5 Å².